The summed E-state index contributed by atoms with van der Waals surface area (Å²) in [6.07, 6.45) is 19.7. The Morgan fingerprint density at radius 1 is 0.971 bits per heavy atom. The number of hydrogen-bond donors (Lipinski definition) is 1. The van der Waals surface area contributed by atoms with E-state index in [0.717, 1.165) is 48.5 Å². The number of ether oxygens (including phenoxy) is 1. The van der Waals surface area contributed by atoms with Gasteiger partial charge >= 0.3 is 0 Å². The summed E-state index contributed by atoms with van der Waals surface area (Å²) in [4.78, 5) is 0. The van der Waals surface area contributed by atoms with Gasteiger partial charge in [0, 0.05) is 12.6 Å². The molecule has 2 heteroatoms. The number of fused-ring (bicyclic) bond motifs is 5. The summed E-state index contributed by atoms with van der Waals surface area (Å²) < 4.78 is 6.38. The first kappa shape index (κ1) is 26.7. The normalized spacial score (nSPS) is 41.4. The number of rotatable bonds is 10. The molecule has 0 aliphatic heterocycles. The smallest absolute Gasteiger partial charge is 0.0612 e. The summed E-state index contributed by atoms with van der Waals surface area (Å²) >= 11 is 0. The van der Waals surface area contributed by atoms with Crippen LogP contribution in [0.15, 0.2) is 11.6 Å². The Hall–Kier alpha value is -0.340. The molecule has 3 fully saturated rings. The second kappa shape index (κ2) is 11.0. The standard InChI is InChI=1S/C32H57NO/c1-22(2)9-8-10-23(3)28-13-14-29-27-12-11-25-21-26(34-20-17-24(4)33-7)15-18-31(25,5)30(27)16-19-32(28,29)6/h11,22-24,26-30,33H,8-10,12-21H2,1-7H3. The lowest BCUT2D eigenvalue weighted by atomic mass is 9.47. The highest BCUT2D eigenvalue weighted by atomic mass is 16.5. The Balaban J connectivity index is 1.39. The van der Waals surface area contributed by atoms with E-state index >= 15 is 0 Å². The fourth-order valence-electron chi connectivity index (χ4n) is 9.35. The van der Waals surface area contributed by atoms with Crippen LogP contribution >= 0.6 is 0 Å². The average molecular weight is 472 g/mol. The van der Waals surface area contributed by atoms with Crippen molar-refractivity contribution in [3.8, 4) is 0 Å². The van der Waals surface area contributed by atoms with Crippen molar-refractivity contribution in [2.24, 2.45) is 46.3 Å². The zero-order valence-corrected chi connectivity index (χ0v) is 23.8. The van der Waals surface area contributed by atoms with Gasteiger partial charge in [0.25, 0.3) is 0 Å². The molecule has 3 saturated carbocycles. The van der Waals surface area contributed by atoms with Crippen LogP contribution < -0.4 is 5.32 Å². The van der Waals surface area contributed by atoms with E-state index in [-0.39, 0.29) is 0 Å². The minimum absolute atomic E-state index is 0.448. The van der Waals surface area contributed by atoms with Crippen LogP contribution in [-0.2, 0) is 4.74 Å². The molecule has 0 aromatic carbocycles. The molecular weight excluding hydrogens is 414 g/mol. The topological polar surface area (TPSA) is 21.3 Å². The molecule has 0 aromatic rings. The molecule has 34 heavy (non-hydrogen) atoms. The first-order chi connectivity index (χ1) is 16.2. The Labute approximate surface area is 212 Å². The maximum atomic E-state index is 6.38. The van der Waals surface area contributed by atoms with Gasteiger partial charge in [0.05, 0.1) is 6.10 Å². The molecule has 0 amide bonds. The Kier molecular flexibility index (Phi) is 8.61. The van der Waals surface area contributed by atoms with Crippen molar-refractivity contribution < 1.29 is 4.74 Å². The van der Waals surface area contributed by atoms with Gasteiger partial charge in [0.2, 0.25) is 0 Å². The lowest BCUT2D eigenvalue weighted by Gasteiger charge is -2.58. The maximum Gasteiger partial charge on any atom is 0.0612 e. The highest BCUT2D eigenvalue weighted by molar-refractivity contribution is 5.25. The van der Waals surface area contributed by atoms with Gasteiger partial charge in [-0.15, -0.1) is 0 Å². The molecule has 4 rings (SSSR count). The second-order valence-corrected chi connectivity index (χ2v) is 14.0. The van der Waals surface area contributed by atoms with Crippen LogP contribution in [0.2, 0.25) is 0 Å². The molecule has 0 bridgehead atoms. The average Bonchev–Trinajstić information content (AvgIpc) is 3.16. The number of allylic oxidation sites excluding steroid dienone is 1. The minimum atomic E-state index is 0.448. The van der Waals surface area contributed by atoms with Gasteiger partial charge in [0.1, 0.15) is 0 Å². The molecule has 1 N–H and O–H groups in total. The van der Waals surface area contributed by atoms with Crippen molar-refractivity contribution in [2.45, 2.75) is 131 Å². The van der Waals surface area contributed by atoms with E-state index in [1.807, 2.05) is 0 Å². The Morgan fingerprint density at radius 3 is 2.50 bits per heavy atom. The Morgan fingerprint density at radius 2 is 1.76 bits per heavy atom. The van der Waals surface area contributed by atoms with Crippen molar-refractivity contribution in [1.29, 1.82) is 0 Å². The predicted octanol–water partition coefficient (Wildman–Crippen LogP) is 8.41. The first-order valence-electron chi connectivity index (χ1n) is 15.2. The fourth-order valence-corrected chi connectivity index (χ4v) is 9.35. The number of hydrogen-bond acceptors (Lipinski definition) is 2. The van der Waals surface area contributed by atoms with E-state index in [1.54, 1.807) is 5.57 Å². The molecule has 0 aromatic heterocycles. The first-order valence-corrected chi connectivity index (χ1v) is 15.2. The highest BCUT2D eigenvalue weighted by Crippen LogP contribution is 2.67. The molecule has 0 radical (unpaired) electrons. The van der Waals surface area contributed by atoms with Crippen LogP contribution in [0.5, 0.6) is 0 Å². The maximum absolute atomic E-state index is 6.38. The van der Waals surface area contributed by atoms with Gasteiger partial charge in [-0.2, -0.15) is 0 Å². The third-order valence-electron chi connectivity index (χ3n) is 11.7. The molecule has 4 aliphatic rings. The zero-order chi connectivity index (χ0) is 24.5. The lowest BCUT2D eigenvalue weighted by Crippen LogP contribution is -2.51. The summed E-state index contributed by atoms with van der Waals surface area (Å²) in [6.45, 7) is 15.9. The van der Waals surface area contributed by atoms with E-state index in [1.165, 1.54) is 70.6 Å². The number of nitrogens with one attached hydrogen (secondary N) is 1. The molecule has 9 unspecified atom stereocenters. The van der Waals surface area contributed by atoms with E-state index < -0.39 is 0 Å². The van der Waals surface area contributed by atoms with Gasteiger partial charge in [-0.25, -0.2) is 0 Å². The van der Waals surface area contributed by atoms with Crippen molar-refractivity contribution >= 4 is 0 Å². The molecule has 4 aliphatic carbocycles. The molecule has 0 heterocycles. The van der Waals surface area contributed by atoms with Crippen LogP contribution in [-0.4, -0.2) is 25.8 Å². The zero-order valence-electron chi connectivity index (χ0n) is 23.8. The molecule has 0 spiro atoms. The molecule has 9 atom stereocenters. The van der Waals surface area contributed by atoms with Crippen molar-refractivity contribution in [3.63, 3.8) is 0 Å². The van der Waals surface area contributed by atoms with Crippen LogP contribution in [0.4, 0.5) is 0 Å². The quantitative estimate of drug-likeness (QED) is 0.323. The monoisotopic (exact) mass is 471 g/mol. The summed E-state index contributed by atoms with van der Waals surface area (Å²) in [7, 11) is 2.05. The van der Waals surface area contributed by atoms with Crippen LogP contribution in [0.25, 0.3) is 0 Å². The van der Waals surface area contributed by atoms with Crippen molar-refractivity contribution in [1.82, 2.24) is 5.32 Å². The van der Waals surface area contributed by atoms with Gasteiger partial charge in [-0.05, 0) is 118 Å². The third-order valence-corrected chi connectivity index (χ3v) is 11.7. The fraction of sp³-hybridized carbons (Fsp3) is 0.938. The van der Waals surface area contributed by atoms with Gasteiger partial charge in [0.15, 0.2) is 0 Å². The predicted molar refractivity (Wildman–Crippen MR) is 146 cm³/mol. The Bertz CT molecular complexity index is 699. The van der Waals surface area contributed by atoms with E-state index in [0.29, 0.717) is 23.0 Å². The summed E-state index contributed by atoms with van der Waals surface area (Å²) in [5.41, 5.74) is 2.82. The van der Waals surface area contributed by atoms with Gasteiger partial charge in [-0.3, -0.25) is 0 Å². The van der Waals surface area contributed by atoms with Crippen LogP contribution in [0.3, 0.4) is 0 Å². The van der Waals surface area contributed by atoms with Crippen molar-refractivity contribution in [2.75, 3.05) is 13.7 Å². The van der Waals surface area contributed by atoms with Crippen LogP contribution in [0, 0.1) is 46.3 Å². The van der Waals surface area contributed by atoms with E-state index in [4.69, 9.17) is 4.74 Å². The molecule has 0 saturated heterocycles. The third kappa shape index (κ3) is 5.20. The second-order valence-electron chi connectivity index (χ2n) is 14.0. The minimum Gasteiger partial charge on any atom is -0.378 e. The summed E-state index contributed by atoms with van der Waals surface area (Å²) in [5, 5.41) is 3.34. The van der Waals surface area contributed by atoms with Gasteiger partial charge < -0.3 is 10.1 Å². The lowest BCUT2D eigenvalue weighted by molar-refractivity contribution is -0.0643. The van der Waals surface area contributed by atoms with Crippen molar-refractivity contribution in [3.05, 3.63) is 11.6 Å². The summed E-state index contributed by atoms with van der Waals surface area (Å²) in [6, 6.07) is 0.549. The highest BCUT2D eigenvalue weighted by Gasteiger charge is 2.59. The largest absolute Gasteiger partial charge is 0.378 e. The van der Waals surface area contributed by atoms with Gasteiger partial charge in [-0.1, -0.05) is 65.5 Å². The molecule has 2 nitrogen and oxygen atoms in total. The van der Waals surface area contributed by atoms with E-state index in [9.17, 15) is 0 Å². The van der Waals surface area contributed by atoms with Crippen LogP contribution in [0.1, 0.15) is 119 Å². The summed E-state index contributed by atoms with van der Waals surface area (Å²) in [5.74, 6) is 5.56. The molecular formula is C32H57NO. The SMILES string of the molecule is CNC(C)CCOC1CCC2(C)C(=CCC3C2CCC2(C)C(C(C)CCCC(C)C)CCC32)C1. The van der Waals surface area contributed by atoms with E-state index in [2.05, 4.69) is 60.0 Å². The molecule has 196 valence electrons.